The molecule has 0 aromatic heterocycles. The van der Waals surface area contributed by atoms with Crippen molar-refractivity contribution in [3.05, 3.63) is 0 Å². The van der Waals surface area contributed by atoms with Gasteiger partial charge in [-0.1, -0.05) is 6.92 Å². The third-order valence-corrected chi connectivity index (χ3v) is 0.865. The zero-order valence-electron chi connectivity index (χ0n) is 6.46. The normalized spacial score (nSPS) is 9.60. The summed E-state index contributed by atoms with van der Waals surface area (Å²) in [4.78, 5) is 8.56. The Morgan fingerprint density at radius 1 is 1.40 bits per heavy atom. The van der Waals surface area contributed by atoms with Crippen molar-refractivity contribution in [2.45, 2.75) is 32.8 Å². The van der Waals surface area contributed by atoms with Gasteiger partial charge in [0.15, 0.2) is 0 Å². The molecule has 0 fully saturated rings. The van der Waals surface area contributed by atoms with Crippen LogP contribution >= 0.6 is 0 Å². The first kappa shape index (κ1) is 12.0. The number of rotatable bonds is 1. The standard InChI is InChI=1S/C5H12O.CH2O3/c1-4-5(2,3)6;2-1(3)4/h6H,4H2,1-3H3;(H2,2,3,4). The van der Waals surface area contributed by atoms with Gasteiger partial charge in [-0.25, -0.2) is 4.79 Å². The first-order valence-electron chi connectivity index (χ1n) is 2.94. The van der Waals surface area contributed by atoms with Crippen molar-refractivity contribution >= 4 is 6.16 Å². The minimum Gasteiger partial charge on any atom is -0.450 e. The topological polar surface area (TPSA) is 77.8 Å². The molecule has 0 radical (unpaired) electrons. The quantitative estimate of drug-likeness (QED) is 0.527. The van der Waals surface area contributed by atoms with E-state index in [4.69, 9.17) is 20.1 Å². The smallest absolute Gasteiger partial charge is 0.450 e. The third kappa shape index (κ3) is 56.4. The van der Waals surface area contributed by atoms with Gasteiger partial charge in [-0.2, -0.15) is 0 Å². The second kappa shape index (κ2) is 5.05. The van der Waals surface area contributed by atoms with Gasteiger partial charge >= 0.3 is 6.16 Å². The maximum atomic E-state index is 8.83. The minimum absolute atomic E-state index is 0.458. The van der Waals surface area contributed by atoms with E-state index in [2.05, 4.69) is 0 Å². The molecular formula is C6H14O4. The summed E-state index contributed by atoms with van der Waals surface area (Å²) in [7, 11) is 0. The zero-order valence-corrected chi connectivity index (χ0v) is 6.46. The molecule has 0 saturated heterocycles. The van der Waals surface area contributed by atoms with Crippen LogP contribution in [0.5, 0.6) is 0 Å². The van der Waals surface area contributed by atoms with Gasteiger partial charge in [0.25, 0.3) is 0 Å². The molecule has 0 spiro atoms. The Labute approximate surface area is 60.1 Å². The molecule has 0 heterocycles. The summed E-state index contributed by atoms with van der Waals surface area (Å²) in [5, 5.41) is 22.8. The highest BCUT2D eigenvalue weighted by atomic mass is 16.6. The summed E-state index contributed by atoms with van der Waals surface area (Å²) in [6.07, 6.45) is -1.01. The first-order valence-corrected chi connectivity index (χ1v) is 2.94. The molecule has 0 atom stereocenters. The second-order valence-corrected chi connectivity index (χ2v) is 2.45. The van der Waals surface area contributed by atoms with Crippen molar-refractivity contribution in [3.8, 4) is 0 Å². The summed E-state index contributed by atoms with van der Waals surface area (Å²) < 4.78 is 0. The van der Waals surface area contributed by atoms with E-state index in [-0.39, 0.29) is 0 Å². The van der Waals surface area contributed by atoms with E-state index in [0.29, 0.717) is 0 Å². The summed E-state index contributed by atoms with van der Waals surface area (Å²) in [6, 6.07) is 0. The average molecular weight is 150 g/mol. The van der Waals surface area contributed by atoms with Gasteiger partial charge in [-0.3, -0.25) is 0 Å². The third-order valence-electron chi connectivity index (χ3n) is 0.865. The van der Waals surface area contributed by atoms with Gasteiger partial charge in [0, 0.05) is 0 Å². The lowest BCUT2D eigenvalue weighted by atomic mass is 10.1. The van der Waals surface area contributed by atoms with Crippen LogP contribution in [0.1, 0.15) is 27.2 Å². The number of hydrogen-bond acceptors (Lipinski definition) is 2. The average Bonchev–Trinajstić information content (AvgIpc) is 1.63. The van der Waals surface area contributed by atoms with Crippen LogP contribution in [0.2, 0.25) is 0 Å². The van der Waals surface area contributed by atoms with Gasteiger partial charge in [0.2, 0.25) is 0 Å². The highest BCUT2D eigenvalue weighted by molar-refractivity contribution is 5.53. The summed E-state index contributed by atoms with van der Waals surface area (Å²) >= 11 is 0. The van der Waals surface area contributed by atoms with Crippen LogP contribution in [0, 0.1) is 0 Å². The van der Waals surface area contributed by atoms with Crippen LogP contribution in [0.4, 0.5) is 4.79 Å². The van der Waals surface area contributed by atoms with Crippen molar-refractivity contribution in [1.82, 2.24) is 0 Å². The predicted molar refractivity (Wildman–Crippen MR) is 37.2 cm³/mol. The molecule has 0 bridgehead atoms. The van der Waals surface area contributed by atoms with Gasteiger partial charge in [-0.15, -0.1) is 0 Å². The second-order valence-electron chi connectivity index (χ2n) is 2.45. The lowest BCUT2D eigenvalue weighted by Gasteiger charge is -2.11. The summed E-state index contributed by atoms with van der Waals surface area (Å²) in [6.45, 7) is 5.56. The van der Waals surface area contributed by atoms with E-state index in [1.165, 1.54) is 0 Å². The maximum absolute atomic E-state index is 8.83. The Balaban J connectivity index is 0. The van der Waals surface area contributed by atoms with Gasteiger partial charge in [0.1, 0.15) is 0 Å². The van der Waals surface area contributed by atoms with Gasteiger partial charge < -0.3 is 15.3 Å². The fourth-order valence-corrected chi connectivity index (χ4v) is 0. The molecule has 0 rings (SSSR count). The zero-order chi connectivity index (χ0) is 8.78. The Hall–Kier alpha value is -0.770. The highest BCUT2D eigenvalue weighted by Gasteiger charge is 2.05. The van der Waals surface area contributed by atoms with E-state index in [1.807, 2.05) is 6.92 Å². The van der Waals surface area contributed by atoms with E-state index in [0.717, 1.165) is 6.42 Å². The van der Waals surface area contributed by atoms with Crippen molar-refractivity contribution in [3.63, 3.8) is 0 Å². The van der Waals surface area contributed by atoms with Crippen LogP contribution < -0.4 is 0 Å². The molecule has 10 heavy (non-hydrogen) atoms. The Bertz CT molecular complexity index is 88.4. The Morgan fingerprint density at radius 2 is 1.50 bits per heavy atom. The first-order chi connectivity index (χ1) is 4.29. The lowest BCUT2D eigenvalue weighted by molar-refractivity contribution is 0.0765. The van der Waals surface area contributed by atoms with Crippen LogP contribution in [0.25, 0.3) is 0 Å². The summed E-state index contributed by atoms with van der Waals surface area (Å²) in [5.41, 5.74) is -0.458. The fourth-order valence-electron chi connectivity index (χ4n) is 0. The van der Waals surface area contributed by atoms with Gasteiger partial charge in [0.05, 0.1) is 5.60 Å². The molecule has 4 nitrogen and oxygen atoms in total. The largest absolute Gasteiger partial charge is 0.503 e. The van der Waals surface area contributed by atoms with Crippen LogP contribution in [-0.4, -0.2) is 27.1 Å². The molecule has 0 amide bonds. The SMILES string of the molecule is CCC(C)(C)O.O=C(O)O. The van der Waals surface area contributed by atoms with Crippen molar-refractivity contribution in [1.29, 1.82) is 0 Å². The molecule has 0 unspecified atom stereocenters. The molecule has 0 saturated carbocycles. The Morgan fingerprint density at radius 3 is 1.50 bits per heavy atom. The predicted octanol–water partition coefficient (Wildman–Crippen LogP) is 1.39. The minimum atomic E-state index is -1.83. The number of hydrogen-bond donors (Lipinski definition) is 3. The van der Waals surface area contributed by atoms with Crippen LogP contribution in [0.3, 0.4) is 0 Å². The molecule has 0 aliphatic rings. The van der Waals surface area contributed by atoms with E-state index in [9.17, 15) is 0 Å². The molecule has 0 aliphatic carbocycles. The fraction of sp³-hybridized carbons (Fsp3) is 0.833. The summed E-state index contributed by atoms with van der Waals surface area (Å²) in [5.74, 6) is 0. The molecule has 0 aromatic rings. The maximum Gasteiger partial charge on any atom is 0.503 e. The Kier molecular flexibility index (Phi) is 6.04. The van der Waals surface area contributed by atoms with Crippen LogP contribution in [-0.2, 0) is 0 Å². The molecular weight excluding hydrogens is 136 g/mol. The molecule has 0 aromatic carbocycles. The molecule has 62 valence electrons. The van der Waals surface area contributed by atoms with Crippen molar-refractivity contribution in [2.24, 2.45) is 0 Å². The lowest BCUT2D eigenvalue weighted by Crippen LogP contribution is -2.15. The highest BCUT2D eigenvalue weighted by Crippen LogP contribution is 2.03. The number of carbonyl (C=O) groups is 1. The number of carboxylic acid groups (broad SMARTS) is 2. The molecule has 3 N–H and O–H groups in total. The van der Waals surface area contributed by atoms with Gasteiger partial charge in [-0.05, 0) is 20.3 Å². The molecule has 4 heteroatoms. The molecule has 0 aliphatic heterocycles. The monoisotopic (exact) mass is 150 g/mol. The van der Waals surface area contributed by atoms with Crippen molar-refractivity contribution in [2.75, 3.05) is 0 Å². The van der Waals surface area contributed by atoms with E-state index >= 15 is 0 Å². The van der Waals surface area contributed by atoms with Crippen LogP contribution in [0.15, 0.2) is 0 Å². The number of aliphatic hydroxyl groups is 1. The van der Waals surface area contributed by atoms with E-state index in [1.54, 1.807) is 13.8 Å². The van der Waals surface area contributed by atoms with E-state index < -0.39 is 11.8 Å². The van der Waals surface area contributed by atoms with Crippen molar-refractivity contribution < 1.29 is 20.1 Å².